The van der Waals surface area contributed by atoms with E-state index in [0.29, 0.717) is 34.7 Å². The van der Waals surface area contributed by atoms with Crippen molar-refractivity contribution in [1.29, 1.82) is 0 Å². The lowest BCUT2D eigenvalue weighted by molar-refractivity contribution is 0.223. The molecule has 1 aromatic carbocycles. The van der Waals surface area contributed by atoms with E-state index in [0.717, 1.165) is 43.8 Å². The second-order valence-corrected chi connectivity index (χ2v) is 8.86. The number of imidazole rings is 1. The van der Waals surface area contributed by atoms with Gasteiger partial charge in [-0.25, -0.2) is 9.97 Å². The van der Waals surface area contributed by atoms with Crippen molar-refractivity contribution in [2.24, 2.45) is 0 Å². The molecule has 4 heterocycles. The zero-order valence-electron chi connectivity index (χ0n) is 20.4. The third-order valence-corrected chi connectivity index (χ3v) is 6.27. The number of hydrogen-bond acceptors (Lipinski definition) is 9. The van der Waals surface area contributed by atoms with E-state index >= 15 is 0 Å². The minimum atomic E-state index is 0.452. The van der Waals surface area contributed by atoms with E-state index in [1.807, 2.05) is 24.3 Å². The van der Waals surface area contributed by atoms with Crippen molar-refractivity contribution in [1.82, 2.24) is 34.6 Å². The van der Waals surface area contributed by atoms with Gasteiger partial charge in [-0.2, -0.15) is 9.97 Å². The van der Waals surface area contributed by atoms with E-state index in [-0.39, 0.29) is 0 Å². The summed E-state index contributed by atoms with van der Waals surface area (Å²) >= 11 is 0. The molecular weight excluding hydrogens is 444 g/mol. The van der Waals surface area contributed by atoms with Crippen LogP contribution in [0, 0.1) is 0 Å². The summed E-state index contributed by atoms with van der Waals surface area (Å²) in [5, 5.41) is 7.54. The number of nitrogens with one attached hydrogen (secondary N) is 1. The number of aromatic nitrogens is 6. The number of benzene rings is 1. The molecule has 4 aromatic rings. The van der Waals surface area contributed by atoms with Crippen LogP contribution in [0.25, 0.3) is 22.8 Å². The fourth-order valence-electron chi connectivity index (χ4n) is 4.42. The van der Waals surface area contributed by atoms with Crippen LogP contribution in [0.3, 0.4) is 0 Å². The minimum absolute atomic E-state index is 0.452. The Bertz CT molecular complexity index is 1240. The molecule has 0 aliphatic carbocycles. The van der Waals surface area contributed by atoms with Crippen LogP contribution >= 0.6 is 0 Å². The first-order valence-corrected chi connectivity index (χ1v) is 12.4. The highest BCUT2D eigenvalue weighted by Gasteiger charge is 2.18. The van der Waals surface area contributed by atoms with Crippen molar-refractivity contribution in [2.75, 3.05) is 32.1 Å². The molecule has 0 unspecified atom stereocenters. The van der Waals surface area contributed by atoms with Gasteiger partial charge in [-0.15, -0.1) is 0 Å². The van der Waals surface area contributed by atoms with E-state index in [2.05, 4.69) is 36.8 Å². The van der Waals surface area contributed by atoms with Gasteiger partial charge in [-0.05, 0) is 69.6 Å². The Morgan fingerprint density at radius 2 is 1.86 bits per heavy atom. The van der Waals surface area contributed by atoms with E-state index in [4.69, 9.17) is 19.2 Å². The van der Waals surface area contributed by atoms with Gasteiger partial charge in [0.1, 0.15) is 11.4 Å². The molecule has 1 saturated heterocycles. The number of anilines is 2. The highest BCUT2D eigenvalue weighted by Crippen LogP contribution is 2.25. The Morgan fingerprint density at radius 1 is 1.03 bits per heavy atom. The Morgan fingerprint density at radius 3 is 2.63 bits per heavy atom. The summed E-state index contributed by atoms with van der Waals surface area (Å²) in [5.41, 5.74) is 2.79. The molecule has 10 nitrogen and oxygen atoms in total. The van der Waals surface area contributed by atoms with Gasteiger partial charge in [-0.1, -0.05) is 18.5 Å². The van der Waals surface area contributed by atoms with Crippen molar-refractivity contribution in [3.8, 4) is 17.3 Å². The molecule has 0 atom stereocenters. The fourth-order valence-corrected chi connectivity index (χ4v) is 4.42. The minimum Gasteiger partial charge on any atom is -0.497 e. The standard InChI is InChI=1S/C25H32N8O2/c1-3-8-21-29-22(31-35-21)20-17-26-23-24(28-20)33(16-7-15-32-13-5-4-6-14-32)25(30-23)27-18-9-11-19(34-2)12-10-18/h9-12,17H,3-8,13-16H2,1-2H3,(H,26,27,30). The van der Waals surface area contributed by atoms with Crippen molar-refractivity contribution in [2.45, 2.75) is 52.0 Å². The first kappa shape index (κ1) is 23.2. The largest absolute Gasteiger partial charge is 0.497 e. The lowest BCUT2D eigenvalue weighted by atomic mass is 10.1. The SMILES string of the molecule is CCCc1nc(-c2cnc3nc(Nc4ccc(OC)cc4)n(CCCN4CCCCC4)c3n2)no1. The number of piperidine rings is 1. The number of methoxy groups -OCH3 is 1. The van der Waals surface area contributed by atoms with Crippen LogP contribution in [0.15, 0.2) is 35.0 Å². The molecule has 1 aliphatic heterocycles. The molecule has 10 heteroatoms. The zero-order chi connectivity index (χ0) is 24.0. The lowest BCUT2D eigenvalue weighted by Gasteiger charge is -2.26. The van der Waals surface area contributed by atoms with Gasteiger partial charge in [0.05, 0.1) is 13.3 Å². The number of nitrogens with zero attached hydrogens (tertiary/aromatic N) is 7. The quantitative estimate of drug-likeness (QED) is 0.355. The van der Waals surface area contributed by atoms with Gasteiger partial charge >= 0.3 is 0 Å². The predicted molar refractivity (Wildman–Crippen MR) is 134 cm³/mol. The first-order valence-electron chi connectivity index (χ1n) is 12.4. The summed E-state index contributed by atoms with van der Waals surface area (Å²) in [6.45, 7) is 6.28. The van der Waals surface area contributed by atoms with Gasteiger partial charge in [0, 0.05) is 18.7 Å². The van der Waals surface area contributed by atoms with Crippen molar-refractivity contribution < 1.29 is 9.26 Å². The monoisotopic (exact) mass is 476 g/mol. The summed E-state index contributed by atoms with van der Waals surface area (Å²) in [5.74, 6) is 2.58. The normalized spacial score (nSPS) is 14.5. The fraction of sp³-hybridized carbons (Fsp3) is 0.480. The zero-order valence-corrected chi connectivity index (χ0v) is 20.4. The van der Waals surface area contributed by atoms with Crippen LogP contribution < -0.4 is 10.1 Å². The summed E-state index contributed by atoms with van der Waals surface area (Å²) in [4.78, 5) is 21.2. The molecule has 0 bridgehead atoms. The predicted octanol–water partition coefficient (Wildman–Crippen LogP) is 4.46. The van der Waals surface area contributed by atoms with Gasteiger partial charge < -0.3 is 19.5 Å². The lowest BCUT2D eigenvalue weighted by Crippen LogP contribution is -2.31. The first-order chi connectivity index (χ1) is 17.2. The number of ether oxygens (including phenoxy) is 1. The molecule has 0 saturated carbocycles. The van der Waals surface area contributed by atoms with Crippen molar-refractivity contribution in [3.05, 3.63) is 36.4 Å². The number of likely N-dealkylation sites (tertiary alicyclic amines) is 1. The van der Waals surface area contributed by atoms with Crippen LogP contribution in [-0.4, -0.2) is 61.3 Å². The molecule has 35 heavy (non-hydrogen) atoms. The smallest absolute Gasteiger partial charge is 0.226 e. The molecule has 5 rings (SSSR count). The van der Waals surface area contributed by atoms with Gasteiger partial charge in [0.2, 0.25) is 17.7 Å². The molecule has 184 valence electrons. The summed E-state index contributed by atoms with van der Waals surface area (Å²) in [6, 6.07) is 7.78. The number of rotatable bonds is 10. The maximum atomic E-state index is 5.36. The van der Waals surface area contributed by atoms with Crippen LogP contribution in [-0.2, 0) is 13.0 Å². The molecule has 0 spiro atoms. The van der Waals surface area contributed by atoms with E-state index in [9.17, 15) is 0 Å². The van der Waals surface area contributed by atoms with E-state index < -0.39 is 0 Å². The molecule has 1 N–H and O–H groups in total. The Hall–Kier alpha value is -3.53. The van der Waals surface area contributed by atoms with Crippen LogP contribution in [0.2, 0.25) is 0 Å². The van der Waals surface area contributed by atoms with Gasteiger partial charge in [-0.3, -0.25) is 4.57 Å². The summed E-state index contributed by atoms with van der Waals surface area (Å²) < 4.78 is 12.7. The molecule has 3 aromatic heterocycles. The number of aryl methyl sites for hydroxylation is 2. The molecule has 0 amide bonds. The topological polar surface area (TPSA) is 107 Å². The maximum absolute atomic E-state index is 5.36. The Labute approximate surface area is 204 Å². The second-order valence-electron chi connectivity index (χ2n) is 8.86. The van der Waals surface area contributed by atoms with Gasteiger partial charge in [0.25, 0.3) is 0 Å². The summed E-state index contributed by atoms with van der Waals surface area (Å²) in [7, 11) is 1.66. The molecule has 1 aliphatic rings. The number of hydrogen-bond donors (Lipinski definition) is 1. The Balaban J connectivity index is 1.43. The Kier molecular flexibility index (Phi) is 7.17. The maximum Gasteiger partial charge on any atom is 0.226 e. The van der Waals surface area contributed by atoms with E-state index in [1.165, 1.54) is 32.4 Å². The van der Waals surface area contributed by atoms with E-state index in [1.54, 1.807) is 13.3 Å². The second kappa shape index (κ2) is 10.8. The van der Waals surface area contributed by atoms with Crippen LogP contribution in [0.5, 0.6) is 5.75 Å². The highest BCUT2D eigenvalue weighted by atomic mass is 16.5. The molecule has 1 fully saturated rings. The average molecular weight is 477 g/mol. The van der Waals surface area contributed by atoms with Crippen molar-refractivity contribution in [3.63, 3.8) is 0 Å². The van der Waals surface area contributed by atoms with Crippen LogP contribution in [0.1, 0.15) is 44.9 Å². The molecular formula is C25H32N8O2. The van der Waals surface area contributed by atoms with Crippen molar-refractivity contribution >= 4 is 22.9 Å². The number of fused-ring (bicyclic) bond motifs is 1. The van der Waals surface area contributed by atoms with Gasteiger partial charge in [0.15, 0.2) is 11.3 Å². The molecule has 0 radical (unpaired) electrons. The average Bonchev–Trinajstić information content (AvgIpc) is 3.50. The highest BCUT2D eigenvalue weighted by molar-refractivity contribution is 5.74. The summed E-state index contributed by atoms with van der Waals surface area (Å²) in [6.07, 6.45) is 8.26. The third kappa shape index (κ3) is 5.43. The van der Waals surface area contributed by atoms with Crippen LogP contribution in [0.4, 0.5) is 11.6 Å². The third-order valence-electron chi connectivity index (χ3n) is 6.27.